The van der Waals surface area contributed by atoms with Crippen molar-refractivity contribution in [2.45, 2.75) is 32.6 Å². The molecule has 1 aliphatic carbocycles. The van der Waals surface area contributed by atoms with Crippen LogP contribution in [0.15, 0.2) is 24.5 Å². The molecular weight excluding hydrogens is 310 g/mol. The summed E-state index contributed by atoms with van der Waals surface area (Å²) in [5.41, 5.74) is 7.53. The smallest absolute Gasteiger partial charge is 0.257 e. The van der Waals surface area contributed by atoms with Gasteiger partial charge in [0.05, 0.1) is 11.1 Å². The molecule has 0 unspecified atom stereocenters. The van der Waals surface area contributed by atoms with Crippen molar-refractivity contribution in [2.75, 3.05) is 5.32 Å². The highest BCUT2D eigenvalue weighted by Crippen LogP contribution is 2.40. The van der Waals surface area contributed by atoms with Crippen molar-refractivity contribution in [3.63, 3.8) is 0 Å². The molecule has 3 rings (SSSR count). The van der Waals surface area contributed by atoms with Gasteiger partial charge in [-0.2, -0.15) is 0 Å². The Kier molecular flexibility index (Phi) is 4.43. The number of amides is 2. The van der Waals surface area contributed by atoms with E-state index in [1.54, 1.807) is 18.3 Å². The molecule has 1 aliphatic rings. The molecule has 120 valence electrons. The predicted octanol–water partition coefficient (Wildman–Crippen LogP) is 3.01. The molecule has 1 atom stereocenters. The normalized spacial score (nSPS) is 16.7. The van der Waals surface area contributed by atoms with Gasteiger partial charge in [0.2, 0.25) is 0 Å². The Morgan fingerprint density at radius 2 is 2.30 bits per heavy atom. The van der Waals surface area contributed by atoms with Crippen LogP contribution in [-0.4, -0.2) is 16.8 Å². The van der Waals surface area contributed by atoms with E-state index in [1.807, 2.05) is 0 Å². The van der Waals surface area contributed by atoms with Gasteiger partial charge >= 0.3 is 0 Å². The SMILES string of the molecule is CC[C@@H]1CCc2c(sc(NC(=O)c3cccnc3)c2C(N)=O)C1. The van der Waals surface area contributed by atoms with E-state index < -0.39 is 5.91 Å². The third-order valence-electron chi connectivity index (χ3n) is 4.34. The van der Waals surface area contributed by atoms with Crippen LogP contribution >= 0.6 is 11.3 Å². The monoisotopic (exact) mass is 329 g/mol. The molecule has 2 heterocycles. The molecule has 0 bridgehead atoms. The highest BCUT2D eigenvalue weighted by atomic mass is 32.1. The van der Waals surface area contributed by atoms with Crippen LogP contribution in [0.2, 0.25) is 0 Å². The summed E-state index contributed by atoms with van der Waals surface area (Å²) in [6.45, 7) is 2.18. The van der Waals surface area contributed by atoms with Gasteiger partial charge in [-0.3, -0.25) is 14.6 Å². The van der Waals surface area contributed by atoms with E-state index in [0.29, 0.717) is 22.0 Å². The van der Waals surface area contributed by atoms with Gasteiger partial charge in [-0.25, -0.2) is 0 Å². The summed E-state index contributed by atoms with van der Waals surface area (Å²) in [4.78, 5) is 29.3. The first-order chi connectivity index (χ1) is 11.1. The number of carbonyl (C=O) groups excluding carboxylic acids is 2. The number of aromatic nitrogens is 1. The van der Waals surface area contributed by atoms with Gasteiger partial charge < -0.3 is 11.1 Å². The average Bonchev–Trinajstić information content (AvgIpc) is 2.92. The number of primary amides is 1. The zero-order valence-electron chi connectivity index (χ0n) is 13.0. The number of hydrogen-bond donors (Lipinski definition) is 2. The van der Waals surface area contributed by atoms with Gasteiger partial charge in [0.1, 0.15) is 5.00 Å². The van der Waals surface area contributed by atoms with Crippen LogP contribution in [0.25, 0.3) is 0 Å². The van der Waals surface area contributed by atoms with Gasteiger partial charge in [-0.05, 0) is 42.9 Å². The maximum Gasteiger partial charge on any atom is 0.257 e. The highest BCUT2D eigenvalue weighted by molar-refractivity contribution is 7.17. The van der Waals surface area contributed by atoms with E-state index in [9.17, 15) is 9.59 Å². The maximum absolute atomic E-state index is 12.3. The lowest BCUT2D eigenvalue weighted by molar-refractivity contribution is 0.1000. The van der Waals surface area contributed by atoms with Crippen LogP contribution in [0.4, 0.5) is 5.00 Å². The quantitative estimate of drug-likeness (QED) is 0.904. The van der Waals surface area contributed by atoms with E-state index in [4.69, 9.17) is 5.73 Å². The Morgan fingerprint density at radius 1 is 1.48 bits per heavy atom. The molecule has 0 aliphatic heterocycles. The number of thiophene rings is 1. The van der Waals surface area contributed by atoms with Crippen molar-refractivity contribution >= 4 is 28.2 Å². The summed E-state index contributed by atoms with van der Waals surface area (Å²) < 4.78 is 0. The fraction of sp³-hybridized carbons (Fsp3) is 0.353. The highest BCUT2D eigenvalue weighted by Gasteiger charge is 2.28. The molecule has 0 spiro atoms. The molecule has 0 fully saturated rings. The maximum atomic E-state index is 12.3. The predicted molar refractivity (Wildman–Crippen MR) is 90.8 cm³/mol. The molecule has 0 saturated heterocycles. The van der Waals surface area contributed by atoms with Crippen LogP contribution in [0, 0.1) is 5.92 Å². The minimum atomic E-state index is -0.473. The summed E-state index contributed by atoms with van der Waals surface area (Å²) in [6, 6.07) is 3.39. The second kappa shape index (κ2) is 6.50. The molecule has 2 amide bonds. The lowest BCUT2D eigenvalue weighted by atomic mass is 9.85. The lowest BCUT2D eigenvalue weighted by Gasteiger charge is -2.20. The first-order valence-corrected chi connectivity index (χ1v) is 8.57. The van der Waals surface area contributed by atoms with Crippen LogP contribution in [0.3, 0.4) is 0 Å². The fourth-order valence-electron chi connectivity index (χ4n) is 3.02. The number of pyridine rings is 1. The second-order valence-corrected chi connectivity index (χ2v) is 6.89. The van der Waals surface area contributed by atoms with Crippen molar-refractivity contribution in [1.29, 1.82) is 0 Å². The van der Waals surface area contributed by atoms with Crippen LogP contribution in [-0.2, 0) is 12.8 Å². The van der Waals surface area contributed by atoms with Crippen molar-refractivity contribution in [1.82, 2.24) is 4.98 Å². The minimum absolute atomic E-state index is 0.272. The largest absolute Gasteiger partial charge is 0.365 e. The molecule has 0 saturated carbocycles. The third-order valence-corrected chi connectivity index (χ3v) is 5.51. The van der Waals surface area contributed by atoms with Crippen LogP contribution in [0.1, 0.15) is 50.9 Å². The molecule has 5 nitrogen and oxygen atoms in total. The third kappa shape index (κ3) is 3.12. The van der Waals surface area contributed by atoms with Gasteiger partial charge in [0.15, 0.2) is 0 Å². The van der Waals surface area contributed by atoms with E-state index >= 15 is 0 Å². The zero-order chi connectivity index (χ0) is 16.4. The molecular formula is C17H19N3O2S. The summed E-state index contributed by atoms with van der Waals surface area (Å²) in [6.07, 6.45) is 7.11. The van der Waals surface area contributed by atoms with Crippen LogP contribution in [0.5, 0.6) is 0 Å². The zero-order valence-corrected chi connectivity index (χ0v) is 13.8. The van der Waals surface area contributed by atoms with Gasteiger partial charge in [0, 0.05) is 17.3 Å². The standard InChI is InChI=1S/C17H19N3O2S/c1-2-10-5-6-12-13(8-10)23-17(14(12)15(18)21)20-16(22)11-4-3-7-19-9-11/h3-4,7,9-10H,2,5-6,8H2,1H3,(H2,18,21)(H,20,22)/t10-/m1/s1. The summed E-state index contributed by atoms with van der Waals surface area (Å²) in [5, 5.41) is 3.40. The van der Waals surface area contributed by atoms with Crippen molar-refractivity contribution in [3.8, 4) is 0 Å². The average molecular weight is 329 g/mol. The molecule has 6 heteroatoms. The minimum Gasteiger partial charge on any atom is -0.365 e. The number of carbonyl (C=O) groups is 2. The molecule has 2 aromatic rings. The number of nitrogens with one attached hydrogen (secondary N) is 1. The van der Waals surface area contributed by atoms with E-state index in [0.717, 1.165) is 31.2 Å². The van der Waals surface area contributed by atoms with Gasteiger partial charge in [-0.15, -0.1) is 11.3 Å². The summed E-state index contributed by atoms with van der Waals surface area (Å²) in [5.74, 6) is -0.103. The van der Waals surface area contributed by atoms with Crippen molar-refractivity contribution < 1.29 is 9.59 Å². The molecule has 2 aromatic heterocycles. The Bertz CT molecular complexity index is 740. The van der Waals surface area contributed by atoms with Crippen molar-refractivity contribution in [2.24, 2.45) is 11.7 Å². The van der Waals surface area contributed by atoms with Gasteiger partial charge in [0.25, 0.3) is 11.8 Å². The molecule has 3 N–H and O–H groups in total. The first kappa shape index (κ1) is 15.7. The number of anilines is 1. The Balaban J connectivity index is 1.92. The van der Waals surface area contributed by atoms with E-state index in [2.05, 4.69) is 17.2 Å². The molecule has 0 aromatic carbocycles. The number of fused-ring (bicyclic) bond motifs is 1. The molecule has 23 heavy (non-hydrogen) atoms. The topological polar surface area (TPSA) is 85.1 Å². The number of rotatable bonds is 4. The van der Waals surface area contributed by atoms with Crippen molar-refractivity contribution in [3.05, 3.63) is 46.1 Å². The number of nitrogens with zero attached hydrogens (tertiary/aromatic N) is 1. The Hall–Kier alpha value is -2.21. The first-order valence-electron chi connectivity index (χ1n) is 7.75. The van der Waals surface area contributed by atoms with E-state index in [-0.39, 0.29) is 5.91 Å². The summed E-state index contributed by atoms with van der Waals surface area (Å²) in [7, 11) is 0. The lowest BCUT2D eigenvalue weighted by Crippen LogP contribution is -2.19. The number of hydrogen-bond acceptors (Lipinski definition) is 4. The summed E-state index contributed by atoms with van der Waals surface area (Å²) >= 11 is 1.48. The molecule has 0 radical (unpaired) electrons. The second-order valence-electron chi connectivity index (χ2n) is 5.79. The number of nitrogens with two attached hydrogens (primary N) is 1. The van der Waals surface area contributed by atoms with E-state index in [1.165, 1.54) is 22.4 Å². The fourth-order valence-corrected chi connectivity index (χ4v) is 4.39. The Labute approximate surface area is 138 Å². The Morgan fingerprint density at radius 3 is 2.96 bits per heavy atom. The van der Waals surface area contributed by atoms with Gasteiger partial charge in [-0.1, -0.05) is 13.3 Å². The van der Waals surface area contributed by atoms with Crippen LogP contribution < -0.4 is 11.1 Å².